The van der Waals surface area contributed by atoms with E-state index in [1.807, 2.05) is 0 Å². The molecule has 0 saturated carbocycles. The van der Waals surface area contributed by atoms with Gasteiger partial charge in [0.1, 0.15) is 18.3 Å². The zero-order chi connectivity index (χ0) is 16.2. The minimum atomic E-state index is -2.42. The summed E-state index contributed by atoms with van der Waals surface area (Å²) in [6.07, 6.45) is -6.48. The maximum absolute atomic E-state index is 11.3. The van der Waals surface area contributed by atoms with Crippen molar-refractivity contribution in [1.82, 2.24) is 5.32 Å². The minimum absolute atomic E-state index is 0.0524. The van der Waals surface area contributed by atoms with Crippen LogP contribution in [0.1, 0.15) is 6.42 Å². The molecule has 1 aliphatic rings. The molecule has 10 heteroatoms. The van der Waals surface area contributed by atoms with Gasteiger partial charge in [-0.15, -0.1) is 0 Å². The number of carbonyl (C=O) groups excluding carboxylic acids is 1. The molecule has 0 radical (unpaired) electrons. The van der Waals surface area contributed by atoms with Gasteiger partial charge in [-0.25, -0.2) is 0 Å². The van der Waals surface area contributed by atoms with Crippen LogP contribution < -0.4 is 5.32 Å². The molecule has 7 N–H and O–H groups in total. The summed E-state index contributed by atoms with van der Waals surface area (Å²) in [6.45, 7) is -0.988. The molecular formula is C11H21NO8S. The average molecular weight is 327 g/mol. The Morgan fingerprint density at radius 1 is 1.43 bits per heavy atom. The van der Waals surface area contributed by atoms with Gasteiger partial charge < -0.3 is 40.7 Å². The van der Waals surface area contributed by atoms with Gasteiger partial charge in [-0.2, -0.15) is 0 Å². The van der Waals surface area contributed by atoms with Crippen molar-refractivity contribution < 1.29 is 40.2 Å². The maximum atomic E-state index is 11.3. The van der Waals surface area contributed by atoms with Crippen molar-refractivity contribution in [3.63, 3.8) is 0 Å². The van der Waals surface area contributed by atoms with Gasteiger partial charge in [-0.1, -0.05) is 12.6 Å². The van der Waals surface area contributed by atoms with Crippen molar-refractivity contribution in [1.29, 1.82) is 0 Å². The summed E-state index contributed by atoms with van der Waals surface area (Å²) in [4.78, 5) is 11.3. The van der Waals surface area contributed by atoms with E-state index < -0.39 is 54.4 Å². The van der Waals surface area contributed by atoms with E-state index in [0.717, 1.165) is 0 Å². The molecule has 1 aliphatic heterocycles. The van der Waals surface area contributed by atoms with Crippen LogP contribution in [0.3, 0.4) is 0 Å². The predicted molar refractivity (Wildman–Crippen MR) is 72.4 cm³/mol. The first-order chi connectivity index (χ1) is 9.76. The topological polar surface area (TPSA) is 160 Å². The SMILES string of the molecule is O=C(S)C1(O)C[C@H](O)[C@@H](NCCO)[C@H]([C@H](O)[C@H](O)CO)O1. The van der Waals surface area contributed by atoms with Crippen LogP contribution in [-0.4, -0.2) is 91.8 Å². The standard InChI is InChI=1S/C11H21NO8S/c13-2-1-12-7-5(15)3-11(19,10(18)21)20-9(7)8(17)6(16)4-14/h5-9,12-17,19H,1-4H2,(H,18,21)/t5-,6+,7+,8+,9+,11?/m0/s1. The second-order valence-corrected chi connectivity index (χ2v) is 5.29. The maximum Gasteiger partial charge on any atom is 0.245 e. The lowest BCUT2D eigenvalue weighted by Crippen LogP contribution is -2.66. The molecule has 124 valence electrons. The second kappa shape index (κ2) is 7.81. The van der Waals surface area contributed by atoms with Gasteiger partial charge >= 0.3 is 0 Å². The van der Waals surface area contributed by atoms with Crippen LogP contribution >= 0.6 is 12.6 Å². The van der Waals surface area contributed by atoms with E-state index in [-0.39, 0.29) is 13.2 Å². The number of hydrogen-bond acceptors (Lipinski definition) is 9. The summed E-state index contributed by atoms with van der Waals surface area (Å²) in [5.41, 5.74) is 0. The van der Waals surface area contributed by atoms with Crippen molar-refractivity contribution in [2.24, 2.45) is 0 Å². The number of aliphatic hydroxyl groups is 6. The van der Waals surface area contributed by atoms with Gasteiger partial charge in [0.25, 0.3) is 0 Å². The highest BCUT2D eigenvalue weighted by molar-refractivity contribution is 7.96. The van der Waals surface area contributed by atoms with Crippen LogP contribution in [0.2, 0.25) is 0 Å². The fourth-order valence-electron chi connectivity index (χ4n) is 2.21. The summed E-state index contributed by atoms with van der Waals surface area (Å²) < 4.78 is 5.10. The molecule has 1 saturated heterocycles. The number of ether oxygens (including phenoxy) is 1. The first kappa shape index (κ1) is 18.7. The first-order valence-electron chi connectivity index (χ1n) is 6.39. The van der Waals surface area contributed by atoms with Gasteiger partial charge in [0.15, 0.2) is 0 Å². The zero-order valence-electron chi connectivity index (χ0n) is 11.2. The van der Waals surface area contributed by atoms with E-state index in [9.17, 15) is 25.2 Å². The van der Waals surface area contributed by atoms with Gasteiger partial charge in [-0.3, -0.25) is 4.79 Å². The highest BCUT2D eigenvalue weighted by Gasteiger charge is 2.52. The molecule has 1 rings (SSSR count). The summed E-state index contributed by atoms with van der Waals surface area (Å²) in [7, 11) is 0. The smallest absolute Gasteiger partial charge is 0.245 e. The molecule has 0 aromatic carbocycles. The average Bonchev–Trinajstić information content (AvgIpc) is 2.44. The molecule has 1 fully saturated rings. The third-order valence-electron chi connectivity index (χ3n) is 3.33. The van der Waals surface area contributed by atoms with E-state index in [2.05, 4.69) is 17.9 Å². The highest BCUT2D eigenvalue weighted by Crippen LogP contribution is 2.31. The summed E-state index contributed by atoms with van der Waals surface area (Å²) >= 11 is 3.47. The number of carbonyl (C=O) groups is 1. The molecule has 0 bridgehead atoms. The number of aliphatic hydroxyl groups excluding tert-OH is 5. The molecule has 1 heterocycles. The Morgan fingerprint density at radius 3 is 2.52 bits per heavy atom. The monoisotopic (exact) mass is 327 g/mol. The van der Waals surface area contributed by atoms with Gasteiger partial charge in [0.2, 0.25) is 10.9 Å². The highest BCUT2D eigenvalue weighted by atomic mass is 32.1. The Balaban J connectivity index is 2.99. The van der Waals surface area contributed by atoms with Gasteiger partial charge in [0.05, 0.1) is 25.4 Å². The molecule has 9 nitrogen and oxygen atoms in total. The lowest BCUT2D eigenvalue weighted by Gasteiger charge is -2.45. The Morgan fingerprint density at radius 2 is 2.05 bits per heavy atom. The Kier molecular flexibility index (Phi) is 6.97. The Hall–Kier alpha value is -0.300. The third-order valence-corrected chi connectivity index (χ3v) is 3.68. The van der Waals surface area contributed by atoms with Gasteiger partial charge in [-0.05, 0) is 0 Å². The second-order valence-electron chi connectivity index (χ2n) is 4.89. The molecule has 21 heavy (non-hydrogen) atoms. The van der Waals surface area contributed by atoms with E-state index in [1.165, 1.54) is 0 Å². The first-order valence-corrected chi connectivity index (χ1v) is 6.84. The minimum Gasteiger partial charge on any atom is -0.395 e. The molecule has 0 amide bonds. The lowest BCUT2D eigenvalue weighted by molar-refractivity contribution is -0.282. The van der Waals surface area contributed by atoms with E-state index in [4.69, 9.17) is 14.9 Å². The van der Waals surface area contributed by atoms with E-state index in [1.54, 1.807) is 0 Å². The number of hydrogen-bond donors (Lipinski definition) is 8. The van der Waals surface area contributed by atoms with Crippen LogP contribution in [0.25, 0.3) is 0 Å². The summed E-state index contributed by atoms with van der Waals surface area (Å²) in [5, 5.41) is 58.8. The third kappa shape index (κ3) is 4.34. The largest absolute Gasteiger partial charge is 0.395 e. The lowest BCUT2D eigenvalue weighted by atomic mass is 9.89. The zero-order valence-corrected chi connectivity index (χ0v) is 12.1. The number of rotatable bonds is 7. The molecule has 1 unspecified atom stereocenters. The van der Waals surface area contributed by atoms with Crippen molar-refractivity contribution in [3.05, 3.63) is 0 Å². The van der Waals surface area contributed by atoms with Crippen molar-refractivity contribution in [2.45, 2.75) is 42.7 Å². The molecule has 0 aromatic heterocycles. The fourth-order valence-corrected chi connectivity index (χ4v) is 2.35. The van der Waals surface area contributed by atoms with E-state index in [0.29, 0.717) is 0 Å². The van der Waals surface area contributed by atoms with Crippen molar-refractivity contribution >= 4 is 17.7 Å². The predicted octanol–water partition coefficient (Wildman–Crippen LogP) is -4.05. The number of thiol groups is 1. The Bertz CT molecular complexity index is 359. The number of nitrogens with one attached hydrogen (secondary N) is 1. The normalized spacial score (nSPS) is 36.2. The van der Waals surface area contributed by atoms with Crippen LogP contribution in [0.4, 0.5) is 0 Å². The molecule has 0 aromatic rings. The summed E-state index contributed by atoms with van der Waals surface area (Å²) in [5.74, 6) is -2.42. The Labute approximate surface area is 126 Å². The van der Waals surface area contributed by atoms with Crippen LogP contribution in [0.15, 0.2) is 0 Å². The molecule has 0 spiro atoms. The van der Waals surface area contributed by atoms with Crippen LogP contribution in [0, 0.1) is 0 Å². The van der Waals surface area contributed by atoms with Crippen LogP contribution in [-0.2, 0) is 9.53 Å². The van der Waals surface area contributed by atoms with Gasteiger partial charge in [0, 0.05) is 13.0 Å². The van der Waals surface area contributed by atoms with Crippen LogP contribution in [0.5, 0.6) is 0 Å². The molecule has 6 atom stereocenters. The summed E-state index contributed by atoms with van der Waals surface area (Å²) in [6, 6.07) is -0.971. The fraction of sp³-hybridized carbons (Fsp3) is 0.909. The molecule has 0 aliphatic carbocycles. The molecular weight excluding hydrogens is 306 g/mol. The van der Waals surface area contributed by atoms with E-state index >= 15 is 0 Å². The van der Waals surface area contributed by atoms with Crippen molar-refractivity contribution in [2.75, 3.05) is 19.8 Å². The quantitative estimate of drug-likeness (QED) is 0.218. The van der Waals surface area contributed by atoms with Crippen molar-refractivity contribution in [3.8, 4) is 0 Å².